The molecule has 3 rings (SSSR count). The summed E-state index contributed by atoms with van der Waals surface area (Å²) in [6, 6.07) is 15.4. The van der Waals surface area contributed by atoms with Crippen molar-refractivity contribution in [3.63, 3.8) is 0 Å². The Kier molecular flexibility index (Phi) is 4.20. The highest BCUT2D eigenvalue weighted by atomic mass is 15.3. The van der Waals surface area contributed by atoms with E-state index in [1.165, 1.54) is 11.1 Å². The van der Waals surface area contributed by atoms with Gasteiger partial charge in [0, 0.05) is 44.0 Å². The molecule has 1 saturated heterocycles. The number of benzene rings is 1. The highest BCUT2D eigenvalue weighted by Gasteiger charge is 2.21. The second-order valence-electron chi connectivity index (χ2n) is 5.86. The summed E-state index contributed by atoms with van der Waals surface area (Å²) in [4.78, 5) is 9.60. The summed E-state index contributed by atoms with van der Waals surface area (Å²) in [5.74, 6) is 1.12. The van der Waals surface area contributed by atoms with E-state index in [0.29, 0.717) is 6.04 Å². The van der Waals surface area contributed by atoms with Gasteiger partial charge in [0.2, 0.25) is 0 Å². The number of piperazine rings is 1. The predicted molar refractivity (Wildman–Crippen MR) is 88.6 cm³/mol. The number of pyridine rings is 1. The minimum absolute atomic E-state index is 0.629. The van der Waals surface area contributed by atoms with Gasteiger partial charge in [-0.1, -0.05) is 30.3 Å². The highest BCUT2D eigenvalue weighted by molar-refractivity contribution is 5.75. The number of hydrogen-bond donors (Lipinski definition) is 0. The SMILES string of the molecule is CC(C)N1CCN(c2ncccc2-c2ccccc2)CC1. The van der Waals surface area contributed by atoms with Crippen molar-refractivity contribution in [2.75, 3.05) is 31.1 Å². The second-order valence-corrected chi connectivity index (χ2v) is 5.86. The third-order valence-corrected chi connectivity index (χ3v) is 4.22. The summed E-state index contributed by atoms with van der Waals surface area (Å²) >= 11 is 0. The Labute approximate surface area is 127 Å². The fourth-order valence-electron chi connectivity index (χ4n) is 2.94. The molecule has 2 heterocycles. The molecular weight excluding hydrogens is 258 g/mol. The first kappa shape index (κ1) is 14.1. The van der Waals surface area contributed by atoms with E-state index in [2.05, 4.69) is 65.0 Å². The maximum Gasteiger partial charge on any atom is 0.136 e. The van der Waals surface area contributed by atoms with E-state index in [-0.39, 0.29) is 0 Å². The van der Waals surface area contributed by atoms with Crippen LogP contribution in [-0.4, -0.2) is 42.1 Å². The number of anilines is 1. The van der Waals surface area contributed by atoms with Gasteiger partial charge in [0.25, 0.3) is 0 Å². The van der Waals surface area contributed by atoms with Crippen molar-refractivity contribution in [1.29, 1.82) is 0 Å². The van der Waals surface area contributed by atoms with Gasteiger partial charge in [0.1, 0.15) is 5.82 Å². The summed E-state index contributed by atoms with van der Waals surface area (Å²) in [6.07, 6.45) is 1.90. The van der Waals surface area contributed by atoms with Gasteiger partial charge >= 0.3 is 0 Å². The monoisotopic (exact) mass is 281 g/mol. The molecule has 1 fully saturated rings. The van der Waals surface area contributed by atoms with Gasteiger partial charge in [-0.15, -0.1) is 0 Å². The largest absolute Gasteiger partial charge is 0.354 e. The molecule has 1 aromatic heterocycles. The van der Waals surface area contributed by atoms with Crippen molar-refractivity contribution >= 4 is 5.82 Å². The van der Waals surface area contributed by atoms with E-state index in [4.69, 9.17) is 0 Å². The molecule has 110 valence electrons. The quantitative estimate of drug-likeness (QED) is 0.860. The zero-order chi connectivity index (χ0) is 14.7. The van der Waals surface area contributed by atoms with Gasteiger partial charge in [0.05, 0.1) is 0 Å². The number of nitrogens with zero attached hydrogens (tertiary/aromatic N) is 3. The van der Waals surface area contributed by atoms with Crippen LogP contribution in [0.2, 0.25) is 0 Å². The van der Waals surface area contributed by atoms with Crippen LogP contribution < -0.4 is 4.90 Å². The lowest BCUT2D eigenvalue weighted by Crippen LogP contribution is -2.49. The van der Waals surface area contributed by atoms with E-state index in [1.54, 1.807) is 0 Å². The molecule has 1 aliphatic heterocycles. The first-order valence-corrected chi connectivity index (χ1v) is 7.75. The van der Waals surface area contributed by atoms with Crippen LogP contribution in [0.4, 0.5) is 5.82 Å². The summed E-state index contributed by atoms with van der Waals surface area (Å²) in [7, 11) is 0. The van der Waals surface area contributed by atoms with Crippen molar-refractivity contribution in [3.05, 3.63) is 48.7 Å². The van der Waals surface area contributed by atoms with Crippen LogP contribution in [0.15, 0.2) is 48.7 Å². The molecule has 1 aliphatic rings. The molecule has 21 heavy (non-hydrogen) atoms. The highest BCUT2D eigenvalue weighted by Crippen LogP contribution is 2.29. The van der Waals surface area contributed by atoms with Crippen LogP contribution in [0.3, 0.4) is 0 Å². The number of rotatable bonds is 3. The fraction of sp³-hybridized carbons (Fsp3) is 0.389. The Morgan fingerprint density at radius 3 is 2.29 bits per heavy atom. The Bertz CT molecular complexity index is 572. The topological polar surface area (TPSA) is 19.4 Å². The van der Waals surface area contributed by atoms with Gasteiger partial charge in [-0.3, -0.25) is 4.90 Å². The molecule has 0 aliphatic carbocycles. The fourth-order valence-corrected chi connectivity index (χ4v) is 2.94. The van der Waals surface area contributed by atoms with Crippen molar-refractivity contribution < 1.29 is 0 Å². The molecule has 0 spiro atoms. The smallest absolute Gasteiger partial charge is 0.136 e. The molecule has 1 aromatic carbocycles. The minimum atomic E-state index is 0.629. The van der Waals surface area contributed by atoms with Crippen molar-refractivity contribution in [2.45, 2.75) is 19.9 Å². The molecule has 2 aromatic rings. The van der Waals surface area contributed by atoms with Crippen molar-refractivity contribution in [3.8, 4) is 11.1 Å². The van der Waals surface area contributed by atoms with Crippen LogP contribution in [0.25, 0.3) is 11.1 Å². The van der Waals surface area contributed by atoms with Crippen LogP contribution in [0, 0.1) is 0 Å². The summed E-state index contributed by atoms with van der Waals surface area (Å²) in [5, 5.41) is 0. The van der Waals surface area contributed by atoms with Gasteiger partial charge < -0.3 is 4.90 Å². The van der Waals surface area contributed by atoms with Gasteiger partial charge in [0.15, 0.2) is 0 Å². The third-order valence-electron chi connectivity index (χ3n) is 4.22. The third kappa shape index (κ3) is 3.08. The lowest BCUT2D eigenvalue weighted by molar-refractivity contribution is 0.209. The molecule has 3 heteroatoms. The summed E-state index contributed by atoms with van der Waals surface area (Å²) in [6.45, 7) is 8.87. The van der Waals surface area contributed by atoms with Gasteiger partial charge in [-0.25, -0.2) is 4.98 Å². The molecule has 0 bridgehead atoms. The lowest BCUT2D eigenvalue weighted by atomic mass is 10.1. The molecule has 0 N–H and O–H groups in total. The van der Waals surface area contributed by atoms with Crippen LogP contribution in [-0.2, 0) is 0 Å². The average Bonchev–Trinajstić information content (AvgIpc) is 2.56. The average molecular weight is 281 g/mol. The number of hydrogen-bond acceptors (Lipinski definition) is 3. The molecule has 0 atom stereocenters. The van der Waals surface area contributed by atoms with Crippen LogP contribution >= 0.6 is 0 Å². The van der Waals surface area contributed by atoms with Crippen molar-refractivity contribution in [2.24, 2.45) is 0 Å². The molecular formula is C18H23N3. The zero-order valence-electron chi connectivity index (χ0n) is 12.9. The Morgan fingerprint density at radius 2 is 1.62 bits per heavy atom. The predicted octanol–water partition coefficient (Wildman–Crippen LogP) is 3.28. The Balaban J connectivity index is 1.84. The van der Waals surface area contributed by atoms with E-state index >= 15 is 0 Å². The Hall–Kier alpha value is -1.87. The number of aromatic nitrogens is 1. The van der Waals surface area contributed by atoms with Gasteiger partial charge in [-0.05, 0) is 31.5 Å². The summed E-state index contributed by atoms with van der Waals surface area (Å²) < 4.78 is 0. The minimum Gasteiger partial charge on any atom is -0.354 e. The Morgan fingerprint density at radius 1 is 0.905 bits per heavy atom. The molecule has 0 unspecified atom stereocenters. The molecule has 0 radical (unpaired) electrons. The zero-order valence-corrected chi connectivity index (χ0v) is 12.9. The first-order valence-electron chi connectivity index (χ1n) is 7.75. The van der Waals surface area contributed by atoms with Gasteiger partial charge in [-0.2, -0.15) is 0 Å². The lowest BCUT2D eigenvalue weighted by Gasteiger charge is -2.38. The maximum absolute atomic E-state index is 4.66. The van der Waals surface area contributed by atoms with E-state index in [9.17, 15) is 0 Å². The van der Waals surface area contributed by atoms with Crippen LogP contribution in [0.1, 0.15) is 13.8 Å². The van der Waals surface area contributed by atoms with E-state index in [1.807, 2.05) is 12.3 Å². The molecule has 0 amide bonds. The van der Waals surface area contributed by atoms with Crippen LogP contribution in [0.5, 0.6) is 0 Å². The second kappa shape index (κ2) is 6.27. The van der Waals surface area contributed by atoms with E-state index in [0.717, 1.165) is 32.0 Å². The molecule has 0 saturated carbocycles. The first-order chi connectivity index (χ1) is 10.3. The van der Waals surface area contributed by atoms with E-state index < -0.39 is 0 Å². The normalized spacial score (nSPS) is 16.4. The molecule has 3 nitrogen and oxygen atoms in total. The summed E-state index contributed by atoms with van der Waals surface area (Å²) in [5.41, 5.74) is 2.47. The maximum atomic E-state index is 4.66. The van der Waals surface area contributed by atoms with Crippen molar-refractivity contribution in [1.82, 2.24) is 9.88 Å². The standard InChI is InChI=1S/C18H23N3/c1-15(2)20-11-13-21(14-12-20)18-17(9-6-10-19-18)16-7-4-3-5-8-16/h3-10,15H,11-14H2,1-2H3.